The molecule has 1 heterocycles. The molecule has 0 aliphatic rings. The van der Waals surface area contributed by atoms with Gasteiger partial charge in [0.25, 0.3) is 0 Å². The predicted octanol–water partition coefficient (Wildman–Crippen LogP) is 4.31. The number of nitrogens with two attached hydrogens (primary N) is 1. The van der Waals surface area contributed by atoms with Gasteiger partial charge in [-0.2, -0.15) is 0 Å². The van der Waals surface area contributed by atoms with Gasteiger partial charge >= 0.3 is 0 Å². The van der Waals surface area contributed by atoms with E-state index in [0.29, 0.717) is 16.5 Å². The Kier molecular flexibility index (Phi) is 4.51. The largest absolute Gasteiger partial charge is 0.496 e. The van der Waals surface area contributed by atoms with Gasteiger partial charge in [-0.1, -0.05) is 23.2 Å². The summed E-state index contributed by atoms with van der Waals surface area (Å²) in [5.41, 5.74) is 7.16. The number of methoxy groups -OCH3 is 1. The van der Waals surface area contributed by atoms with Gasteiger partial charge in [0.1, 0.15) is 5.75 Å². The van der Waals surface area contributed by atoms with E-state index in [1.807, 2.05) is 23.6 Å². The molecule has 2 rings (SSSR count). The summed E-state index contributed by atoms with van der Waals surface area (Å²) in [6.07, 6.45) is 0.643. The van der Waals surface area contributed by atoms with Gasteiger partial charge in [-0.3, -0.25) is 0 Å². The minimum Gasteiger partial charge on any atom is -0.496 e. The van der Waals surface area contributed by atoms with Crippen LogP contribution in [0.5, 0.6) is 5.75 Å². The molecule has 1 unspecified atom stereocenters. The predicted molar refractivity (Wildman–Crippen MR) is 78.0 cm³/mol. The third kappa shape index (κ3) is 2.98. The molecule has 0 spiro atoms. The number of hydrogen-bond donors (Lipinski definition) is 1. The highest BCUT2D eigenvalue weighted by molar-refractivity contribution is 7.10. The van der Waals surface area contributed by atoms with Crippen molar-refractivity contribution in [3.05, 3.63) is 50.1 Å². The van der Waals surface area contributed by atoms with Gasteiger partial charge in [0.15, 0.2) is 0 Å². The fraction of sp³-hybridized carbons (Fsp3) is 0.231. The fourth-order valence-electron chi connectivity index (χ4n) is 1.81. The maximum atomic E-state index is 6.17. The minimum atomic E-state index is -0.148. The lowest BCUT2D eigenvalue weighted by Gasteiger charge is -2.14. The third-order valence-electron chi connectivity index (χ3n) is 2.66. The van der Waals surface area contributed by atoms with Crippen LogP contribution in [0.25, 0.3) is 0 Å². The summed E-state index contributed by atoms with van der Waals surface area (Å²) in [6.45, 7) is 0. The van der Waals surface area contributed by atoms with Crippen molar-refractivity contribution >= 4 is 34.5 Å². The average Bonchev–Trinajstić information content (AvgIpc) is 2.76. The SMILES string of the molecule is COc1ccc(Cl)cc1CC(N)c1sccc1Cl. The highest BCUT2D eigenvalue weighted by Crippen LogP contribution is 2.32. The molecule has 0 fully saturated rings. The standard InChI is InChI=1S/C13H13Cl2NOS/c1-17-12-3-2-9(14)6-8(12)7-11(16)13-10(15)4-5-18-13/h2-6,11H,7,16H2,1H3. The summed E-state index contributed by atoms with van der Waals surface area (Å²) >= 11 is 13.6. The first-order valence-corrected chi connectivity index (χ1v) is 7.06. The Morgan fingerprint density at radius 2 is 2.11 bits per heavy atom. The summed E-state index contributed by atoms with van der Waals surface area (Å²) in [5, 5.41) is 3.33. The molecule has 2 aromatic rings. The first kappa shape index (κ1) is 13.7. The van der Waals surface area contributed by atoms with Crippen LogP contribution in [0.3, 0.4) is 0 Å². The van der Waals surface area contributed by atoms with Gasteiger partial charge in [-0.05, 0) is 41.6 Å². The molecule has 0 bridgehead atoms. The molecule has 5 heteroatoms. The van der Waals surface area contributed by atoms with Crippen LogP contribution >= 0.6 is 34.5 Å². The molecule has 1 atom stereocenters. The first-order valence-electron chi connectivity index (χ1n) is 5.42. The molecule has 0 radical (unpaired) electrons. The quantitative estimate of drug-likeness (QED) is 0.913. The number of rotatable bonds is 4. The van der Waals surface area contributed by atoms with Gasteiger partial charge in [0, 0.05) is 15.9 Å². The number of benzene rings is 1. The Morgan fingerprint density at radius 3 is 2.72 bits per heavy atom. The van der Waals surface area contributed by atoms with Crippen molar-refractivity contribution in [3.63, 3.8) is 0 Å². The third-order valence-corrected chi connectivity index (χ3v) is 4.39. The average molecular weight is 302 g/mol. The van der Waals surface area contributed by atoms with Crippen molar-refractivity contribution in [2.45, 2.75) is 12.5 Å². The fourth-order valence-corrected chi connectivity index (χ4v) is 3.20. The van der Waals surface area contributed by atoms with Gasteiger partial charge in [0.2, 0.25) is 0 Å². The molecule has 2 N–H and O–H groups in total. The molecule has 0 saturated heterocycles. The molecule has 96 valence electrons. The Balaban J connectivity index is 2.23. The number of thiophene rings is 1. The molecule has 0 aliphatic carbocycles. The molecular weight excluding hydrogens is 289 g/mol. The highest BCUT2D eigenvalue weighted by Gasteiger charge is 2.15. The van der Waals surface area contributed by atoms with Crippen molar-refractivity contribution in [3.8, 4) is 5.75 Å². The maximum Gasteiger partial charge on any atom is 0.122 e. The van der Waals surface area contributed by atoms with Crippen LogP contribution < -0.4 is 10.5 Å². The van der Waals surface area contributed by atoms with Crippen LogP contribution in [0, 0.1) is 0 Å². The zero-order valence-corrected chi connectivity index (χ0v) is 12.1. The summed E-state index contributed by atoms with van der Waals surface area (Å²) in [5.74, 6) is 0.794. The van der Waals surface area contributed by atoms with Crippen LogP contribution in [-0.2, 0) is 6.42 Å². The first-order chi connectivity index (χ1) is 8.61. The summed E-state index contributed by atoms with van der Waals surface area (Å²) in [7, 11) is 1.64. The van der Waals surface area contributed by atoms with E-state index in [4.69, 9.17) is 33.7 Å². The second-order valence-electron chi connectivity index (χ2n) is 3.90. The van der Waals surface area contributed by atoms with E-state index in [2.05, 4.69) is 0 Å². The van der Waals surface area contributed by atoms with Gasteiger partial charge in [0.05, 0.1) is 12.1 Å². The molecule has 0 amide bonds. The Morgan fingerprint density at radius 1 is 1.33 bits per heavy atom. The maximum absolute atomic E-state index is 6.17. The summed E-state index contributed by atoms with van der Waals surface area (Å²) in [4.78, 5) is 0.985. The van der Waals surface area contributed by atoms with Crippen LogP contribution in [0.15, 0.2) is 29.6 Å². The summed E-state index contributed by atoms with van der Waals surface area (Å²) in [6, 6.07) is 7.23. The van der Waals surface area contributed by atoms with E-state index < -0.39 is 0 Å². The minimum absolute atomic E-state index is 0.148. The summed E-state index contributed by atoms with van der Waals surface area (Å²) < 4.78 is 5.31. The molecule has 1 aromatic heterocycles. The number of halogens is 2. The van der Waals surface area contributed by atoms with Crippen LogP contribution in [-0.4, -0.2) is 7.11 Å². The molecule has 1 aromatic carbocycles. The zero-order valence-electron chi connectivity index (χ0n) is 9.82. The van der Waals surface area contributed by atoms with Crippen molar-refractivity contribution in [2.24, 2.45) is 5.73 Å². The van der Waals surface area contributed by atoms with E-state index in [0.717, 1.165) is 16.2 Å². The molecule has 18 heavy (non-hydrogen) atoms. The van der Waals surface area contributed by atoms with E-state index in [1.165, 1.54) is 0 Å². The topological polar surface area (TPSA) is 35.2 Å². The number of ether oxygens (including phenoxy) is 1. The second-order valence-corrected chi connectivity index (χ2v) is 5.69. The smallest absolute Gasteiger partial charge is 0.122 e. The monoisotopic (exact) mass is 301 g/mol. The normalized spacial score (nSPS) is 12.4. The highest BCUT2D eigenvalue weighted by atomic mass is 35.5. The molecule has 2 nitrogen and oxygen atoms in total. The molecule has 0 aliphatic heterocycles. The second kappa shape index (κ2) is 5.93. The van der Waals surface area contributed by atoms with Gasteiger partial charge < -0.3 is 10.5 Å². The Labute approximate surface area is 120 Å². The van der Waals surface area contributed by atoms with Crippen LogP contribution in [0.2, 0.25) is 10.0 Å². The lowest BCUT2D eigenvalue weighted by Crippen LogP contribution is -2.12. The van der Waals surface area contributed by atoms with E-state index in [-0.39, 0.29) is 6.04 Å². The molecular formula is C13H13Cl2NOS. The Bertz CT molecular complexity index is 542. The molecule has 0 saturated carbocycles. The van der Waals surface area contributed by atoms with Crippen LogP contribution in [0.1, 0.15) is 16.5 Å². The lowest BCUT2D eigenvalue weighted by molar-refractivity contribution is 0.408. The number of hydrogen-bond acceptors (Lipinski definition) is 3. The van der Waals surface area contributed by atoms with Crippen molar-refractivity contribution in [1.29, 1.82) is 0 Å². The van der Waals surface area contributed by atoms with Crippen molar-refractivity contribution < 1.29 is 4.74 Å². The van der Waals surface area contributed by atoms with Gasteiger partial charge in [-0.25, -0.2) is 0 Å². The van der Waals surface area contributed by atoms with Crippen LogP contribution in [0.4, 0.5) is 0 Å². The van der Waals surface area contributed by atoms with E-state index in [9.17, 15) is 0 Å². The zero-order chi connectivity index (χ0) is 13.1. The van der Waals surface area contributed by atoms with E-state index >= 15 is 0 Å². The van der Waals surface area contributed by atoms with Crippen molar-refractivity contribution in [2.75, 3.05) is 7.11 Å². The van der Waals surface area contributed by atoms with Crippen molar-refractivity contribution in [1.82, 2.24) is 0 Å². The lowest BCUT2D eigenvalue weighted by atomic mass is 10.0. The van der Waals surface area contributed by atoms with Gasteiger partial charge in [-0.15, -0.1) is 11.3 Å². The van der Waals surface area contributed by atoms with E-state index in [1.54, 1.807) is 24.5 Å². The Hall–Kier alpha value is -0.740.